The number of carbonyl (C=O) groups excluding carboxylic acids is 1. The number of nitrogens with zero attached hydrogens (tertiary/aromatic N) is 3. The molecular weight excluding hydrogens is 443 g/mol. The smallest absolute Gasteiger partial charge is 0.416 e. The third-order valence-corrected chi connectivity index (χ3v) is 6.80. The third kappa shape index (κ3) is 5.84. The van der Waals surface area contributed by atoms with Gasteiger partial charge in [-0.2, -0.15) is 13.2 Å². The van der Waals surface area contributed by atoms with Gasteiger partial charge in [0.2, 0.25) is 0 Å². The first-order valence-electron chi connectivity index (χ1n) is 11.9. The Kier molecular flexibility index (Phi) is 7.36. The van der Waals surface area contributed by atoms with E-state index < -0.39 is 11.7 Å². The maximum Gasteiger partial charge on any atom is 0.416 e. The van der Waals surface area contributed by atoms with Crippen LogP contribution < -0.4 is 4.90 Å². The highest BCUT2D eigenvalue weighted by Gasteiger charge is 2.35. The number of piperazine rings is 1. The Morgan fingerprint density at radius 2 is 1.59 bits per heavy atom. The fourth-order valence-corrected chi connectivity index (χ4v) is 4.82. The van der Waals surface area contributed by atoms with Crippen molar-refractivity contribution >= 4 is 11.8 Å². The van der Waals surface area contributed by atoms with E-state index in [-0.39, 0.29) is 24.3 Å². The predicted molar refractivity (Wildman–Crippen MR) is 126 cm³/mol. The maximum absolute atomic E-state index is 12.9. The van der Waals surface area contributed by atoms with Gasteiger partial charge in [0, 0.05) is 50.5 Å². The predicted octanol–water partition coefficient (Wildman–Crippen LogP) is 5.41. The van der Waals surface area contributed by atoms with Crippen molar-refractivity contribution < 1.29 is 22.7 Å². The van der Waals surface area contributed by atoms with E-state index >= 15 is 0 Å². The molecule has 1 amide bonds. The Morgan fingerprint density at radius 1 is 0.941 bits per heavy atom. The summed E-state index contributed by atoms with van der Waals surface area (Å²) in [6.45, 7) is 7.62. The van der Waals surface area contributed by atoms with Crippen LogP contribution >= 0.6 is 0 Å². The number of anilines is 1. The number of likely N-dealkylation sites (tertiary alicyclic amines) is 1. The van der Waals surface area contributed by atoms with Crippen LogP contribution in [0.2, 0.25) is 0 Å². The van der Waals surface area contributed by atoms with Gasteiger partial charge in [-0.15, -0.1) is 0 Å². The summed E-state index contributed by atoms with van der Waals surface area (Å²) in [6, 6.07) is 15.4. The van der Waals surface area contributed by atoms with Gasteiger partial charge in [-0.3, -0.25) is 4.90 Å². The van der Waals surface area contributed by atoms with E-state index in [9.17, 15) is 18.0 Å². The molecule has 4 rings (SSSR count). The summed E-state index contributed by atoms with van der Waals surface area (Å²) in [5.74, 6) is 0. The normalized spacial score (nSPS) is 22.6. The zero-order valence-electron chi connectivity index (χ0n) is 19.7. The summed E-state index contributed by atoms with van der Waals surface area (Å²) >= 11 is 0. The van der Waals surface area contributed by atoms with E-state index in [2.05, 4.69) is 21.9 Å². The fraction of sp³-hybridized carbons (Fsp3) is 0.500. The van der Waals surface area contributed by atoms with Crippen LogP contribution in [0.25, 0.3) is 0 Å². The van der Waals surface area contributed by atoms with Gasteiger partial charge >= 0.3 is 12.3 Å². The minimum Gasteiger partial charge on any atom is -0.446 e. The number of ether oxygens (including phenoxy) is 1. The molecule has 0 bridgehead atoms. The average Bonchev–Trinajstić information content (AvgIpc) is 2.82. The molecule has 0 aliphatic carbocycles. The Balaban J connectivity index is 1.28. The maximum atomic E-state index is 12.9. The first-order valence-corrected chi connectivity index (χ1v) is 11.9. The zero-order valence-corrected chi connectivity index (χ0v) is 19.7. The van der Waals surface area contributed by atoms with Crippen molar-refractivity contribution in [2.24, 2.45) is 0 Å². The number of benzene rings is 2. The van der Waals surface area contributed by atoms with Crippen LogP contribution in [0.15, 0.2) is 54.6 Å². The van der Waals surface area contributed by atoms with E-state index in [0.717, 1.165) is 50.3 Å². The van der Waals surface area contributed by atoms with Crippen molar-refractivity contribution in [2.45, 2.75) is 57.6 Å². The average molecular weight is 476 g/mol. The summed E-state index contributed by atoms with van der Waals surface area (Å²) in [6.07, 6.45) is -3.11. The molecule has 2 aliphatic rings. The Morgan fingerprint density at radius 3 is 2.21 bits per heavy atom. The quantitative estimate of drug-likeness (QED) is 0.593. The second-order valence-corrected chi connectivity index (χ2v) is 9.39. The van der Waals surface area contributed by atoms with Gasteiger partial charge in [-0.1, -0.05) is 30.3 Å². The number of halogens is 3. The van der Waals surface area contributed by atoms with Crippen LogP contribution in [-0.4, -0.2) is 60.3 Å². The topological polar surface area (TPSA) is 36.0 Å². The lowest BCUT2D eigenvalue weighted by Gasteiger charge is -2.45. The first kappa shape index (κ1) is 24.4. The summed E-state index contributed by atoms with van der Waals surface area (Å²) in [5, 5.41) is 0. The van der Waals surface area contributed by atoms with Crippen molar-refractivity contribution in [1.82, 2.24) is 9.80 Å². The summed E-state index contributed by atoms with van der Waals surface area (Å²) in [4.78, 5) is 19.1. The molecule has 184 valence electrons. The lowest BCUT2D eigenvalue weighted by Crippen LogP contribution is -2.58. The molecule has 2 aliphatic heterocycles. The standard InChI is InChI=1S/C26H32F3N3O2/c1-19-17-32(20(2)16-31(19)23-10-8-22(9-11-23)26(27,28)29)25(33)34-24-12-14-30(15-13-24)18-21-6-4-3-5-7-21/h3-11,19-20,24H,12-18H2,1-2H3/t19-,20+/m0/s1. The van der Waals surface area contributed by atoms with E-state index in [1.807, 2.05) is 32.0 Å². The van der Waals surface area contributed by atoms with Crippen LogP contribution in [0, 0.1) is 0 Å². The minimum absolute atomic E-state index is 0.0341. The van der Waals surface area contributed by atoms with Crippen molar-refractivity contribution in [3.05, 3.63) is 65.7 Å². The van der Waals surface area contributed by atoms with Crippen molar-refractivity contribution in [3.63, 3.8) is 0 Å². The molecule has 34 heavy (non-hydrogen) atoms. The molecule has 0 radical (unpaired) electrons. The molecule has 0 saturated carbocycles. The molecular formula is C26H32F3N3O2. The first-order chi connectivity index (χ1) is 16.2. The number of alkyl halides is 3. The molecule has 2 heterocycles. The van der Waals surface area contributed by atoms with Gasteiger partial charge in [-0.25, -0.2) is 4.79 Å². The number of hydrogen-bond donors (Lipinski definition) is 0. The molecule has 0 aromatic heterocycles. The Hall–Kier alpha value is -2.74. The number of rotatable bonds is 4. The van der Waals surface area contributed by atoms with Crippen molar-refractivity contribution in [2.75, 3.05) is 31.1 Å². The Labute approximate surface area is 199 Å². The fourth-order valence-electron chi connectivity index (χ4n) is 4.82. The molecule has 0 unspecified atom stereocenters. The molecule has 2 aromatic rings. The van der Waals surface area contributed by atoms with Crippen LogP contribution in [0.5, 0.6) is 0 Å². The highest BCUT2D eigenvalue weighted by molar-refractivity contribution is 5.69. The molecule has 0 N–H and O–H groups in total. The largest absolute Gasteiger partial charge is 0.446 e. The highest BCUT2D eigenvalue weighted by atomic mass is 19.4. The molecule has 2 fully saturated rings. The summed E-state index contributed by atoms with van der Waals surface area (Å²) in [5.41, 5.74) is 1.35. The molecule has 2 aromatic carbocycles. The number of piperidine rings is 1. The lowest BCUT2D eigenvalue weighted by molar-refractivity contribution is -0.137. The van der Waals surface area contributed by atoms with Crippen LogP contribution in [0.3, 0.4) is 0 Å². The Bertz CT molecular complexity index is 944. The molecule has 5 nitrogen and oxygen atoms in total. The van der Waals surface area contributed by atoms with Gasteiger partial charge < -0.3 is 14.5 Å². The zero-order chi connectivity index (χ0) is 24.3. The second kappa shape index (κ2) is 10.3. The number of hydrogen-bond acceptors (Lipinski definition) is 4. The van der Waals surface area contributed by atoms with Gasteiger partial charge in [0.15, 0.2) is 0 Å². The van der Waals surface area contributed by atoms with Crippen LogP contribution in [0.1, 0.15) is 37.8 Å². The summed E-state index contributed by atoms with van der Waals surface area (Å²) in [7, 11) is 0. The third-order valence-electron chi connectivity index (χ3n) is 6.80. The van der Waals surface area contributed by atoms with E-state index in [1.165, 1.54) is 17.7 Å². The van der Waals surface area contributed by atoms with Crippen molar-refractivity contribution in [3.8, 4) is 0 Å². The SMILES string of the molecule is C[C@@H]1CN(c2ccc(C(F)(F)F)cc2)[C@@H](C)CN1C(=O)OC1CCN(Cc2ccccc2)CC1. The second-order valence-electron chi connectivity index (χ2n) is 9.39. The van der Waals surface area contributed by atoms with Gasteiger partial charge in [0.25, 0.3) is 0 Å². The monoisotopic (exact) mass is 475 g/mol. The number of amides is 1. The lowest BCUT2D eigenvalue weighted by atomic mass is 10.1. The van der Waals surface area contributed by atoms with Crippen LogP contribution in [-0.2, 0) is 17.5 Å². The van der Waals surface area contributed by atoms with Crippen LogP contribution in [0.4, 0.5) is 23.7 Å². The number of carbonyl (C=O) groups is 1. The summed E-state index contributed by atoms with van der Waals surface area (Å²) < 4.78 is 44.5. The van der Waals surface area contributed by atoms with Gasteiger partial charge in [0.05, 0.1) is 5.56 Å². The van der Waals surface area contributed by atoms with Gasteiger partial charge in [0.1, 0.15) is 6.10 Å². The van der Waals surface area contributed by atoms with E-state index in [4.69, 9.17) is 4.74 Å². The highest BCUT2D eigenvalue weighted by Crippen LogP contribution is 2.32. The van der Waals surface area contributed by atoms with E-state index in [0.29, 0.717) is 13.1 Å². The molecule has 2 atom stereocenters. The van der Waals surface area contributed by atoms with E-state index in [1.54, 1.807) is 4.90 Å². The molecule has 8 heteroatoms. The molecule has 0 spiro atoms. The van der Waals surface area contributed by atoms with Crippen molar-refractivity contribution in [1.29, 1.82) is 0 Å². The minimum atomic E-state index is -4.35. The van der Waals surface area contributed by atoms with Gasteiger partial charge in [-0.05, 0) is 56.5 Å². The molecule has 2 saturated heterocycles.